The summed E-state index contributed by atoms with van der Waals surface area (Å²) in [6.45, 7) is 0. The van der Waals surface area contributed by atoms with E-state index in [1.54, 1.807) is 36.4 Å². The van der Waals surface area contributed by atoms with Gasteiger partial charge in [0.2, 0.25) is 75.6 Å². The van der Waals surface area contributed by atoms with Gasteiger partial charge in [0.1, 0.15) is 0 Å². The summed E-state index contributed by atoms with van der Waals surface area (Å²) in [5, 5.41) is 0. The zero-order valence-electron chi connectivity index (χ0n) is 20.7. The van der Waals surface area contributed by atoms with E-state index in [9.17, 15) is 43.9 Å². The Labute approximate surface area is 233 Å². The van der Waals surface area contributed by atoms with Crippen molar-refractivity contribution in [1.82, 2.24) is 15.0 Å². The minimum atomic E-state index is -2.51. The van der Waals surface area contributed by atoms with Crippen molar-refractivity contribution in [3.05, 3.63) is 119 Å². The Hall–Kier alpha value is -5.41. The maximum Gasteiger partial charge on any atom is 0.330 e. The second-order valence-electron chi connectivity index (χ2n) is 8.21. The number of hydrogen-bond donors (Lipinski definition) is 0. The topological polar surface area (TPSA) is 60.4 Å². The van der Waals surface area contributed by atoms with Gasteiger partial charge in [-0.3, -0.25) is 4.90 Å². The van der Waals surface area contributed by atoms with Crippen LogP contribution in [0, 0.1) is 58.2 Å². The van der Waals surface area contributed by atoms with Crippen molar-refractivity contribution >= 4 is 17.3 Å². The zero-order valence-corrected chi connectivity index (χ0v) is 20.7. The van der Waals surface area contributed by atoms with Crippen molar-refractivity contribution in [2.45, 2.75) is 0 Å². The van der Waals surface area contributed by atoms with E-state index in [1.807, 2.05) is 0 Å². The molecule has 5 rings (SSSR count). The summed E-state index contributed by atoms with van der Waals surface area (Å²) in [4.78, 5) is 12.2. The van der Waals surface area contributed by atoms with E-state index in [2.05, 4.69) is 15.0 Å². The Morgan fingerprint density at radius 3 is 1.02 bits per heavy atom. The van der Waals surface area contributed by atoms with Gasteiger partial charge in [0, 0.05) is 11.4 Å². The van der Waals surface area contributed by atoms with E-state index in [0.29, 0.717) is 0 Å². The van der Waals surface area contributed by atoms with Crippen LogP contribution in [-0.4, -0.2) is 15.0 Å². The van der Waals surface area contributed by atoms with Gasteiger partial charge < -0.3 is 9.47 Å². The minimum Gasteiger partial charge on any atom is -0.418 e. The lowest BCUT2D eigenvalue weighted by Crippen LogP contribution is -2.15. The van der Waals surface area contributed by atoms with Crippen LogP contribution in [-0.2, 0) is 0 Å². The lowest BCUT2D eigenvalue weighted by atomic mass is 10.2. The largest absolute Gasteiger partial charge is 0.418 e. The molecule has 1 heterocycles. The number of anilines is 3. The van der Waals surface area contributed by atoms with E-state index in [-0.39, 0.29) is 11.4 Å². The second kappa shape index (κ2) is 11.5. The van der Waals surface area contributed by atoms with Gasteiger partial charge >= 0.3 is 12.0 Å². The number of ether oxygens (including phenoxy) is 2. The Balaban J connectivity index is 1.73. The summed E-state index contributed by atoms with van der Waals surface area (Å²) >= 11 is 0. The molecule has 0 aliphatic heterocycles. The number of benzene rings is 4. The predicted molar refractivity (Wildman–Crippen MR) is 127 cm³/mol. The van der Waals surface area contributed by atoms with Crippen molar-refractivity contribution in [2.24, 2.45) is 0 Å². The number of nitrogens with zero attached hydrogens (tertiary/aromatic N) is 4. The van der Waals surface area contributed by atoms with Crippen molar-refractivity contribution in [1.29, 1.82) is 0 Å². The third kappa shape index (κ3) is 5.33. The number of aromatic nitrogens is 3. The third-order valence-corrected chi connectivity index (χ3v) is 5.54. The molecule has 0 spiro atoms. The highest BCUT2D eigenvalue weighted by Gasteiger charge is 2.31. The van der Waals surface area contributed by atoms with Crippen LogP contribution in [0.25, 0.3) is 0 Å². The van der Waals surface area contributed by atoms with Crippen LogP contribution >= 0.6 is 0 Å². The van der Waals surface area contributed by atoms with Crippen LogP contribution in [0.4, 0.5) is 61.2 Å². The molecule has 0 aliphatic rings. The smallest absolute Gasteiger partial charge is 0.330 e. The fraction of sp³-hybridized carbons (Fsp3) is 0. The number of rotatable bonds is 7. The molecule has 0 bridgehead atoms. The Kier molecular flexibility index (Phi) is 7.76. The molecule has 4 aromatic carbocycles. The van der Waals surface area contributed by atoms with Crippen LogP contribution in [0.15, 0.2) is 60.7 Å². The van der Waals surface area contributed by atoms with Gasteiger partial charge in [-0.25, -0.2) is 26.3 Å². The molecule has 0 saturated heterocycles. The average Bonchev–Trinajstić information content (AvgIpc) is 3.02. The van der Waals surface area contributed by atoms with Gasteiger partial charge in [0.05, 0.1) is 0 Å². The van der Waals surface area contributed by atoms with Crippen LogP contribution in [0.1, 0.15) is 0 Å². The standard InChI is InChI=1S/C27H10F10N4O2/c28-13-15(30)19(34)23(20(35)16(13)31)42-26-38-25(41(11-7-3-1-4-8-11)12-9-5-2-6-10-12)39-27(40-26)43-24-21(36)17(32)14(29)18(33)22(24)37/h1-10H. The quantitative estimate of drug-likeness (QED) is 0.105. The molecule has 0 radical (unpaired) electrons. The van der Waals surface area contributed by atoms with Crippen LogP contribution < -0.4 is 14.4 Å². The second-order valence-corrected chi connectivity index (χ2v) is 8.21. The highest BCUT2D eigenvalue weighted by Crippen LogP contribution is 2.38. The summed E-state index contributed by atoms with van der Waals surface area (Å²) in [5.74, 6) is -28.7. The number of halogens is 10. The van der Waals surface area contributed by atoms with Gasteiger partial charge in [-0.15, -0.1) is 4.98 Å². The van der Waals surface area contributed by atoms with Crippen molar-refractivity contribution < 1.29 is 53.4 Å². The minimum absolute atomic E-state index is 0.268. The zero-order chi connectivity index (χ0) is 31.0. The first kappa shape index (κ1) is 29.1. The highest BCUT2D eigenvalue weighted by atomic mass is 19.2. The molecule has 0 saturated carbocycles. The number of para-hydroxylation sites is 2. The van der Waals surface area contributed by atoms with Gasteiger partial charge in [0.25, 0.3) is 0 Å². The first-order valence-electron chi connectivity index (χ1n) is 11.5. The van der Waals surface area contributed by atoms with Gasteiger partial charge in [0.15, 0.2) is 0 Å². The monoisotopic (exact) mass is 612 g/mol. The van der Waals surface area contributed by atoms with E-state index >= 15 is 0 Å². The van der Waals surface area contributed by atoms with Gasteiger partial charge in [-0.2, -0.15) is 27.5 Å². The first-order valence-corrected chi connectivity index (χ1v) is 11.5. The maximum atomic E-state index is 14.4. The molecular formula is C27H10F10N4O2. The van der Waals surface area contributed by atoms with Crippen LogP contribution in [0.3, 0.4) is 0 Å². The molecule has 0 N–H and O–H groups in total. The fourth-order valence-electron chi connectivity index (χ4n) is 3.58. The molecule has 1 aromatic heterocycles. The normalized spacial score (nSPS) is 11.0. The van der Waals surface area contributed by atoms with Crippen molar-refractivity contribution in [3.63, 3.8) is 0 Å². The molecule has 6 nitrogen and oxygen atoms in total. The molecule has 0 amide bonds. The maximum absolute atomic E-state index is 14.4. The average molecular weight is 612 g/mol. The van der Waals surface area contributed by atoms with Crippen LogP contribution in [0.2, 0.25) is 0 Å². The lowest BCUT2D eigenvalue weighted by Gasteiger charge is -2.23. The first-order chi connectivity index (χ1) is 20.5. The molecule has 220 valence electrons. The molecule has 5 aromatic rings. The summed E-state index contributed by atoms with van der Waals surface area (Å²) < 4.78 is 149. The molecule has 16 heteroatoms. The molecule has 0 unspecified atom stereocenters. The van der Waals surface area contributed by atoms with Crippen molar-refractivity contribution in [3.8, 4) is 23.5 Å². The Bertz CT molecular complexity index is 1660. The summed E-state index contributed by atoms with van der Waals surface area (Å²) in [6, 6.07) is 13.0. The lowest BCUT2D eigenvalue weighted by molar-refractivity contribution is 0.307. The van der Waals surface area contributed by atoms with E-state index in [4.69, 9.17) is 9.47 Å². The van der Waals surface area contributed by atoms with Gasteiger partial charge in [-0.05, 0) is 24.3 Å². The fourth-order valence-corrected chi connectivity index (χ4v) is 3.58. The Morgan fingerprint density at radius 1 is 0.395 bits per heavy atom. The van der Waals surface area contributed by atoms with E-state index in [0.717, 1.165) is 0 Å². The number of hydrogen-bond acceptors (Lipinski definition) is 6. The van der Waals surface area contributed by atoms with E-state index < -0.39 is 87.6 Å². The Morgan fingerprint density at radius 2 is 0.698 bits per heavy atom. The van der Waals surface area contributed by atoms with Gasteiger partial charge in [-0.1, -0.05) is 36.4 Å². The predicted octanol–water partition coefficient (Wildman–Crippen LogP) is 8.32. The molecule has 0 atom stereocenters. The summed E-state index contributed by atoms with van der Waals surface area (Å²) in [7, 11) is 0. The molecule has 0 aliphatic carbocycles. The summed E-state index contributed by atoms with van der Waals surface area (Å²) in [5.41, 5.74) is 0.536. The SMILES string of the molecule is Fc1c(F)c(F)c(Oc2nc(Oc3c(F)c(F)c(F)c(F)c3F)nc(N(c3ccccc3)c3ccccc3)n2)c(F)c1F. The van der Waals surface area contributed by atoms with E-state index in [1.165, 1.54) is 29.2 Å². The van der Waals surface area contributed by atoms with Crippen LogP contribution in [0.5, 0.6) is 23.5 Å². The molecule has 43 heavy (non-hydrogen) atoms. The van der Waals surface area contributed by atoms with Crippen molar-refractivity contribution in [2.75, 3.05) is 4.90 Å². The summed E-state index contributed by atoms with van der Waals surface area (Å²) in [6.07, 6.45) is 0. The highest BCUT2D eigenvalue weighted by molar-refractivity contribution is 5.72. The molecule has 0 fully saturated rings. The molecular weight excluding hydrogens is 602 g/mol. The third-order valence-electron chi connectivity index (χ3n) is 5.54.